The van der Waals surface area contributed by atoms with Crippen LogP contribution in [0.5, 0.6) is 0 Å². The lowest BCUT2D eigenvalue weighted by atomic mass is 10.0. The maximum atomic E-state index is 10.2. The molecule has 4 heteroatoms. The molecule has 0 amide bonds. The summed E-state index contributed by atoms with van der Waals surface area (Å²) in [4.78, 5) is 0. The number of hydrogen-bond acceptors (Lipinski definition) is 3. The summed E-state index contributed by atoms with van der Waals surface area (Å²) in [6.45, 7) is 3.37. The Morgan fingerprint density at radius 3 is 2.72 bits per heavy atom. The van der Waals surface area contributed by atoms with Gasteiger partial charge >= 0.3 is 0 Å². The minimum absolute atomic E-state index is 0.513. The van der Waals surface area contributed by atoms with Crippen molar-refractivity contribution in [3.63, 3.8) is 0 Å². The lowest BCUT2D eigenvalue weighted by Gasteiger charge is -2.22. The van der Waals surface area contributed by atoms with Gasteiger partial charge < -0.3 is 15.0 Å². The number of nitriles is 1. The van der Waals surface area contributed by atoms with Gasteiger partial charge in [0, 0.05) is 25.8 Å². The highest BCUT2D eigenvalue weighted by Gasteiger charge is 2.30. The van der Waals surface area contributed by atoms with Crippen LogP contribution in [0.15, 0.2) is 6.07 Å². The van der Waals surface area contributed by atoms with Crippen LogP contribution < -0.4 is 5.32 Å². The fourth-order valence-corrected chi connectivity index (χ4v) is 2.69. The van der Waals surface area contributed by atoms with Crippen molar-refractivity contribution in [2.75, 3.05) is 6.54 Å². The summed E-state index contributed by atoms with van der Waals surface area (Å²) in [6, 6.07) is 4.10. The van der Waals surface area contributed by atoms with E-state index in [1.807, 2.05) is 24.6 Å². The Bertz CT molecular complexity index is 464. The van der Waals surface area contributed by atoms with E-state index in [4.69, 9.17) is 5.26 Å². The molecule has 1 aromatic heterocycles. The molecule has 4 nitrogen and oxygen atoms in total. The number of nitrogens with one attached hydrogen (secondary N) is 1. The Morgan fingerprint density at radius 1 is 1.50 bits per heavy atom. The summed E-state index contributed by atoms with van der Waals surface area (Å²) in [5.41, 5.74) is 2.41. The van der Waals surface area contributed by atoms with Crippen LogP contribution in [0.1, 0.15) is 42.6 Å². The average molecular weight is 247 g/mol. The second-order valence-corrected chi connectivity index (χ2v) is 5.35. The predicted molar refractivity (Wildman–Crippen MR) is 70.0 cm³/mol. The molecule has 0 atom stereocenters. The first-order valence-corrected chi connectivity index (χ1v) is 6.54. The van der Waals surface area contributed by atoms with Crippen LogP contribution in [0, 0.1) is 18.3 Å². The van der Waals surface area contributed by atoms with Gasteiger partial charge in [-0.2, -0.15) is 5.26 Å². The van der Waals surface area contributed by atoms with E-state index in [1.54, 1.807) is 0 Å². The van der Waals surface area contributed by atoms with Crippen LogP contribution in [0.25, 0.3) is 0 Å². The molecule has 2 rings (SSSR count). The normalized spacial score (nSPS) is 17.9. The number of rotatable bonds is 4. The molecule has 0 aliphatic heterocycles. The van der Waals surface area contributed by atoms with E-state index < -0.39 is 5.60 Å². The lowest BCUT2D eigenvalue weighted by molar-refractivity contribution is 0.0474. The molecular weight excluding hydrogens is 226 g/mol. The molecular formula is C14H21N3O. The van der Waals surface area contributed by atoms with Crippen molar-refractivity contribution in [3.05, 3.63) is 23.0 Å². The topological polar surface area (TPSA) is 61.0 Å². The molecule has 0 unspecified atom stereocenters. The standard InChI is InChI=1S/C14H21N3O/c1-11-12(7-13(8-15)17(11)2)9-16-10-14(18)5-3-4-6-14/h7,16,18H,3-6,9-10H2,1-2H3. The monoisotopic (exact) mass is 247 g/mol. The third-order valence-electron chi connectivity index (χ3n) is 4.06. The Balaban J connectivity index is 1.93. The summed E-state index contributed by atoms with van der Waals surface area (Å²) in [5, 5.41) is 22.5. The van der Waals surface area contributed by atoms with E-state index in [-0.39, 0.29) is 0 Å². The van der Waals surface area contributed by atoms with Gasteiger partial charge in [0.15, 0.2) is 0 Å². The Hall–Kier alpha value is -1.31. The van der Waals surface area contributed by atoms with Crippen molar-refractivity contribution in [2.45, 2.75) is 44.8 Å². The molecule has 0 aromatic carbocycles. The molecule has 0 saturated heterocycles. The Morgan fingerprint density at radius 2 is 2.17 bits per heavy atom. The van der Waals surface area contributed by atoms with Gasteiger partial charge in [0.25, 0.3) is 0 Å². The van der Waals surface area contributed by atoms with Crippen molar-refractivity contribution in [3.8, 4) is 6.07 Å². The second-order valence-electron chi connectivity index (χ2n) is 5.35. The van der Waals surface area contributed by atoms with Gasteiger partial charge in [-0.15, -0.1) is 0 Å². The van der Waals surface area contributed by atoms with Gasteiger partial charge in [0.1, 0.15) is 11.8 Å². The van der Waals surface area contributed by atoms with Crippen LogP contribution in [-0.4, -0.2) is 21.8 Å². The summed E-state index contributed by atoms with van der Waals surface area (Å²) >= 11 is 0. The van der Waals surface area contributed by atoms with Crippen molar-refractivity contribution >= 4 is 0 Å². The minimum atomic E-state index is -0.513. The molecule has 18 heavy (non-hydrogen) atoms. The molecule has 1 heterocycles. The molecule has 1 aliphatic carbocycles. The zero-order chi connectivity index (χ0) is 13.2. The van der Waals surface area contributed by atoms with Crippen LogP contribution in [0.3, 0.4) is 0 Å². The fourth-order valence-electron chi connectivity index (χ4n) is 2.69. The highest BCUT2D eigenvalue weighted by molar-refractivity contribution is 5.34. The van der Waals surface area contributed by atoms with Crippen LogP contribution in [0.4, 0.5) is 0 Å². The first-order valence-electron chi connectivity index (χ1n) is 6.54. The van der Waals surface area contributed by atoms with Crippen molar-refractivity contribution in [1.29, 1.82) is 5.26 Å². The Labute approximate surface area is 108 Å². The van der Waals surface area contributed by atoms with Crippen molar-refractivity contribution in [2.24, 2.45) is 7.05 Å². The molecule has 0 spiro atoms. The van der Waals surface area contributed by atoms with Gasteiger partial charge in [-0.25, -0.2) is 0 Å². The van der Waals surface area contributed by atoms with Crippen LogP contribution >= 0.6 is 0 Å². The molecule has 98 valence electrons. The Kier molecular flexibility index (Phi) is 3.74. The number of hydrogen-bond donors (Lipinski definition) is 2. The van der Waals surface area contributed by atoms with Gasteiger partial charge in [0.2, 0.25) is 0 Å². The van der Waals surface area contributed by atoms with E-state index in [9.17, 15) is 5.11 Å². The van der Waals surface area contributed by atoms with Crippen LogP contribution in [-0.2, 0) is 13.6 Å². The lowest BCUT2D eigenvalue weighted by Crippen LogP contribution is -2.37. The first kappa shape index (κ1) is 13.1. The number of aliphatic hydroxyl groups is 1. The number of aromatic nitrogens is 1. The van der Waals surface area contributed by atoms with E-state index in [2.05, 4.69) is 11.4 Å². The summed E-state index contributed by atoms with van der Waals surface area (Å²) in [6.07, 6.45) is 4.05. The molecule has 1 aliphatic rings. The van der Waals surface area contributed by atoms with Gasteiger partial charge in [-0.05, 0) is 31.4 Å². The summed E-state index contributed by atoms with van der Waals surface area (Å²) in [7, 11) is 1.90. The molecule has 2 N–H and O–H groups in total. The number of nitrogens with zero attached hydrogens (tertiary/aromatic N) is 2. The second kappa shape index (κ2) is 5.13. The third kappa shape index (κ3) is 2.58. The highest BCUT2D eigenvalue weighted by atomic mass is 16.3. The summed E-state index contributed by atoms with van der Waals surface area (Å²) in [5.74, 6) is 0. The highest BCUT2D eigenvalue weighted by Crippen LogP contribution is 2.28. The molecule has 0 bridgehead atoms. The zero-order valence-electron chi connectivity index (χ0n) is 11.2. The van der Waals surface area contributed by atoms with E-state index in [0.29, 0.717) is 18.8 Å². The third-order valence-corrected chi connectivity index (χ3v) is 4.06. The molecule has 1 aromatic rings. The van der Waals surface area contributed by atoms with E-state index >= 15 is 0 Å². The smallest absolute Gasteiger partial charge is 0.120 e. The predicted octanol–water partition coefficient (Wildman–Crippen LogP) is 1.60. The maximum Gasteiger partial charge on any atom is 0.120 e. The largest absolute Gasteiger partial charge is 0.389 e. The maximum absolute atomic E-state index is 10.2. The van der Waals surface area contributed by atoms with Crippen LogP contribution in [0.2, 0.25) is 0 Å². The quantitative estimate of drug-likeness (QED) is 0.849. The molecule has 0 radical (unpaired) electrons. The minimum Gasteiger partial charge on any atom is -0.389 e. The SMILES string of the molecule is Cc1c(CNCC2(O)CCCC2)cc(C#N)n1C. The van der Waals surface area contributed by atoms with Crippen molar-refractivity contribution < 1.29 is 5.11 Å². The van der Waals surface area contributed by atoms with E-state index in [1.165, 1.54) is 0 Å². The van der Waals surface area contributed by atoms with Crippen molar-refractivity contribution in [1.82, 2.24) is 9.88 Å². The fraction of sp³-hybridized carbons (Fsp3) is 0.643. The summed E-state index contributed by atoms with van der Waals surface area (Å²) < 4.78 is 1.90. The van der Waals surface area contributed by atoms with Gasteiger partial charge in [0.05, 0.1) is 5.60 Å². The average Bonchev–Trinajstić information content (AvgIpc) is 2.89. The van der Waals surface area contributed by atoms with Gasteiger partial charge in [-0.3, -0.25) is 0 Å². The van der Waals surface area contributed by atoms with Gasteiger partial charge in [-0.1, -0.05) is 12.8 Å². The first-order chi connectivity index (χ1) is 8.56. The molecule has 1 fully saturated rings. The molecule has 1 saturated carbocycles. The zero-order valence-corrected chi connectivity index (χ0v) is 11.2. The van der Waals surface area contributed by atoms with E-state index in [0.717, 1.165) is 36.9 Å².